The predicted octanol–water partition coefficient (Wildman–Crippen LogP) is 6.50. The number of fused-ring (bicyclic) bond motifs is 8. The molecule has 3 saturated heterocycles. The molecule has 6 aliphatic rings. The lowest BCUT2D eigenvalue weighted by Crippen LogP contribution is -2.63. The Morgan fingerprint density at radius 2 is 1.72 bits per heavy atom. The Morgan fingerprint density at radius 3 is 2.51 bits per heavy atom. The monoisotopic (exact) mass is 533 g/mol. The van der Waals surface area contributed by atoms with Crippen LogP contribution in [-0.4, -0.2) is 65.3 Å². The average Bonchev–Trinajstić information content (AvgIpc) is 3.09. The van der Waals surface area contributed by atoms with E-state index in [4.69, 9.17) is 0 Å². The zero-order valence-corrected chi connectivity index (χ0v) is 25.1. The van der Waals surface area contributed by atoms with Crippen molar-refractivity contribution in [1.29, 1.82) is 0 Å². The Balaban J connectivity index is 1.04. The molecule has 0 spiro atoms. The molecule has 10 atom stereocenters. The van der Waals surface area contributed by atoms with Crippen molar-refractivity contribution < 1.29 is 5.11 Å². The van der Waals surface area contributed by atoms with E-state index in [2.05, 4.69) is 48.1 Å². The largest absolute Gasteiger partial charge is 0.508 e. The van der Waals surface area contributed by atoms with Gasteiger partial charge < -0.3 is 15.3 Å². The highest BCUT2D eigenvalue weighted by Gasteiger charge is 2.51. The second-order valence-corrected chi connectivity index (χ2v) is 15.3. The number of phenolic OH excluding ortho intramolecular Hbond substituents is 1. The van der Waals surface area contributed by atoms with Gasteiger partial charge in [0, 0.05) is 35.6 Å². The maximum atomic E-state index is 10.5. The van der Waals surface area contributed by atoms with Crippen molar-refractivity contribution in [3.8, 4) is 5.75 Å². The summed E-state index contributed by atoms with van der Waals surface area (Å²) in [6, 6.07) is 10.0. The van der Waals surface area contributed by atoms with Gasteiger partial charge >= 0.3 is 0 Å². The SMILES string of the molecule is CC1CC[C@@H]2C[C@H](NCC[C@@]34CCN(C)[C@H](Cc5ccc(O)cc53)[C@@H]4C)CC1N2[C@@H]1C[C@@H]2CCCC[C@@H](C2)C1. The van der Waals surface area contributed by atoms with E-state index in [1.54, 1.807) is 0 Å². The summed E-state index contributed by atoms with van der Waals surface area (Å²) in [6.45, 7) is 7.35. The van der Waals surface area contributed by atoms with E-state index in [0.717, 1.165) is 48.8 Å². The van der Waals surface area contributed by atoms with Crippen LogP contribution in [0.4, 0.5) is 0 Å². The van der Waals surface area contributed by atoms with Crippen molar-refractivity contribution in [3.05, 3.63) is 29.3 Å². The number of hydrogen-bond acceptors (Lipinski definition) is 4. The normalized spacial score (nSPS) is 44.4. The van der Waals surface area contributed by atoms with Crippen molar-refractivity contribution in [3.63, 3.8) is 0 Å². The van der Waals surface area contributed by atoms with Crippen LogP contribution in [0.1, 0.15) is 108 Å². The number of phenols is 1. The highest BCUT2D eigenvalue weighted by atomic mass is 16.3. The number of nitrogens with zero attached hydrogens (tertiary/aromatic N) is 2. The van der Waals surface area contributed by atoms with Gasteiger partial charge in [0.15, 0.2) is 0 Å². The van der Waals surface area contributed by atoms with E-state index in [0.29, 0.717) is 23.8 Å². The van der Waals surface area contributed by atoms with Crippen molar-refractivity contribution in [1.82, 2.24) is 15.1 Å². The highest BCUT2D eigenvalue weighted by molar-refractivity contribution is 5.44. The second kappa shape index (κ2) is 10.6. The first kappa shape index (κ1) is 26.8. The predicted molar refractivity (Wildman–Crippen MR) is 160 cm³/mol. The highest BCUT2D eigenvalue weighted by Crippen LogP contribution is 2.51. The molecule has 1 aromatic carbocycles. The van der Waals surface area contributed by atoms with Crippen LogP contribution >= 0.6 is 0 Å². The maximum Gasteiger partial charge on any atom is 0.115 e. The minimum absolute atomic E-state index is 0.193. The topological polar surface area (TPSA) is 38.7 Å². The van der Waals surface area contributed by atoms with Crippen LogP contribution in [0.5, 0.6) is 5.75 Å². The number of piperidine rings is 3. The molecule has 2 N–H and O–H groups in total. The summed E-state index contributed by atoms with van der Waals surface area (Å²) in [5.74, 6) is 3.95. The van der Waals surface area contributed by atoms with Crippen molar-refractivity contribution in [2.45, 2.75) is 139 Å². The Kier molecular flexibility index (Phi) is 7.30. The lowest BCUT2D eigenvalue weighted by Gasteiger charge is -2.57. The summed E-state index contributed by atoms with van der Waals surface area (Å²) < 4.78 is 0. The summed E-state index contributed by atoms with van der Waals surface area (Å²) in [4.78, 5) is 5.73. The average molecular weight is 534 g/mol. The molecule has 4 nitrogen and oxygen atoms in total. The van der Waals surface area contributed by atoms with Gasteiger partial charge in [-0.05, 0) is 131 Å². The molecule has 2 unspecified atom stereocenters. The Labute approximate surface area is 238 Å². The summed E-state index contributed by atoms with van der Waals surface area (Å²) in [6.07, 6.45) is 19.6. The molecule has 4 heteroatoms. The Bertz CT molecular complexity index is 1010. The number of rotatable bonds is 5. The first-order chi connectivity index (χ1) is 18.9. The van der Waals surface area contributed by atoms with Gasteiger partial charge in [0.1, 0.15) is 5.75 Å². The molecule has 39 heavy (non-hydrogen) atoms. The van der Waals surface area contributed by atoms with E-state index in [-0.39, 0.29) is 5.41 Å². The molecule has 3 aliphatic heterocycles. The molecule has 0 radical (unpaired) electrons. The molecule has 2 saturated carbocycles. The number of hydrogen-bond donors (Lipinski definition) is 2. The molecule has 0 aromatic heterocycles. The summed E-state index contributed by atoms with van der Waals surface area (Å²) in [5, 5.41) is 14.6. The van der Waals surface area contributed by atoms with Gasteiger partial charge in [-0.25, -0.2) is 0 Å². The fourth-order valence-electron chi connectivity index (χ4n) is 11.2. The minimum Gasteiger partial charge on any atom is -0.508 e. The summed E-state index contributed by atoms with van der Waals surface area (Å²) >= 11 is 0. The Morgan fingerprint density at radius 1 is 0.923 bits per heavy atom. The van der Waals surface area contributed by atoms with Crippen LogP contribution in [-0.2, 0) is 11.8 Å². The van der Waals surface area contributed by atoms with Gasteiger partial charge in [-0.3, -0.25) is 4.90 Å². The van der Waals surface area contributed by atoms with Gasteiger partial charge in [0.25, 0.3) is 0 Å². The quantitative estimate of drug-likeness (QED) is 0.453. The van der Waals surface area contributed by atoms with Crippen LogP contribution < -0.4 is 5.32 Å². The lowest BCUT2D eigenvalue weighted by atomic mass is 9.56. The van der Waals surface area contributed by atoms with Crippen LogP contribution in [0.15, 0.2) is 18.2 Å². The third kappa shape index (κ3) is 4.79. The fraction of sp³-hybridized carbons (Fsp3) is 0.829. The molecule has 3 aliphatic carbocycles. The van der Waals surface area contributed by atoms with E-state index in [1.165, 1.54) is 101 Å². The van der Waals surface area contributed by atoms with Crippen LogP contribution in [0.25, 0.3) is 0 Å². The van der Waals surface area contributed by atoms with E-state index >= 15 is 0 Å². The van der Waals surface area contributed by atoms with Gasteiger partial charge in [0.2, 0.25) is 0 Å². The molecular formula is C35H55N3O. The third-order valence-electron chi connectivity index (χ3n) is 13.3. The summed E-state index contributed by atoms with van der Waals surface area (Å²) in [5.41, 5.74) is 3.13. The lowest BCUT2D eigenvalue weighted by molar-refractivity contribution is -0.0597. The third-order valence-corrected chi connectivity index (χ3v) is 13.3. The number of aromatic hydroxyl groups is 1. The second-order valence-electron chi connectivity index (χ2n) is 15.3. The first-order valence-corrected chi connectivity index (χ1v) is 16.9. The number of nitrogens with one attached hydrogen (secondary N) is 1. The zero-order valence-electron chi connectivity index (χ0n) is 25.1. The van der Waals surface area contributed by atoms with Gasteiger partial charge in [-0.15, -0.1) is 0 Å². The van der Waals surface area contributed by atoms with Crippen LogP contribution in [0, 0.1) is 23.7 Å². The van der Waals surface area contributed by atoms with E-state index in [9.17, 15) is 5.11 Å². The van der Waals surface area contributed by atoms with Crippen LogP contribution in [0.2, 0.25) is 0 Å². The fourth-order valence-corrected chi connectivity index (χ4v) is 11.2. The summed E-state index contributed by atoms with van der Waals surface area (Å²) in [7, 11) is 2.32. The van der Waals surface area contributed by atoms with Crippen molar-refractivity contribution in [2.75, 3.05) is 20.1 Å². The molecule has 1 aromatic rings. The zero-order chi connectivity index (χ0) is 26.7. The number of likely N-dealkylation sites (N-methyl/N-ethyl adjacent to an activating group) is 1. The standard InChI is InChI=1S/C35H55N3O/c1-23-8-10-29-20-28(21-33(23)38(29)30-17-25-6-4-5-7-26(16-25)18-30)36-14-12-35-13-15-37(3)34(24(35)2)19-27-9-11-31(39)22-32(27)35/h9,11,22-26,28-30,33-34,36,39H,4-8,10,12-21H2,1-3H3/t23?,24-,25-,26+,28-,29+,30-,33?,34+,35-/m0/s1. The van der Waals surface area contributed by atoms with Gasteiger partial charge in [-0.1, -0.05) is 45.6 Å². The minimum atomic E-state index is 0.193. The molecule has 3 heterocycles. The molecule has 6 bridgehead atoms. The van der Waals surface area contributed by atoms with Gasteiger partial charge in [-0.2, -0.15) is 0 Å². The smallest absolute Gasteiger partial charge is 0.115 e. The molecule has 7 rings (SSSR count). The maximum absolute atomic E-state index is 10.5. The molecular weight excluding hydrogens is 478 g/mol. The number of benzene rings is 1. The number of likely N-dealkylation sites (tertiary alicyclic amines) is 1. The molecule has 5 fully saturated rings. The molecule has 216 valence electrons. The Hall–Kier alpha value is -1.10. The first-order valence-electron chi connectivity index (χ1n) is 16.9. The van der Waals surface area contributed by atoms with Crippen molar-refractivity contribution in [2.24, 2.45) is 23.7 Å². The van der Waals surface area contributed by atoms with Crippen LogP contribution in [0.3, 0.4) is 0 Å². The van der Waals surface area contributed by atoms with Gasteiger partial charge in [0.05, 0.1) is 0 Å². The van der Waals surface area contributed by atoms with E-state index in [1.807, 2.05) is 6.07 Å². The molecule has 0 amide bonds. The van der Waals surface area contributed by atoms with E-state index < -0.39 is 0 Å². The van der Waals surface area contributed by atoms with Crippen molar-refractivity contribution >= 4 is 0 Å².